The van der Waals surface area contributed by atoms with Crippen molar-refractivity contribution in [2.45, 2.75) is 4.90 Å². The van der Waals surface area contributed by atoms with E-state index in [1.165, 1.54) is 0 Å². The zero-order chi connectivity index (χ0) is 13.5. The molecule has 0 radical (unpaired) electrons. The van der Waals surface area contributed by atoms with Gasteiger partial charge < -0.3 is 0 Å². The van der Waals surface area contributed by atoms with E-state index in [4.69, 9.17) is 11.6 Å². The summed E-state index contributed by atoms with van der Waals surface area (Å²) in [5.74, 6) is 0. The van der Waals surface area contributed by atoms with Gasteiger partial charge >= 0.3 is 0 Å². The highest BCUT2D eigenvalue weighted by molar-refractivity contribution is 7.90. The van der Waals surface area contributed by atoms with Crippen LogP contribution in [0.2, 0.25) is 0 Å². The van der Waals surface area contributed by atoms with Crippen molar-refractivity contribution in [3.8, 4) is 0 Å². The molecule has 0 fully saturated rings. The fraction of sp³-hybridized carbons (Fsp3) is 0. The van der Waals surface area contributed by atoms with E-state index in [0.717, 1.165) is 5.56 Å². The van der Waals surface area contributed by atoms with Crippen molar-refractivity contribution in [1.82, 2.24) is 0 Å². The molecule has 0 saturated carbocycles. The standard InChI is InChI=1S/C16H13ClOS/c17-16(19(18)15-11-5-2-6-12-15)13-7-10-14-8-3-1-4-9-14/h1-13H/b10-7-,16-13+/t19-/m0/s1. The molecule has 0 bridgehead atoms. The summed E-state index contributed by atoms with van der Waals surface area (Å²) in [4.78, 5) is 0.705. The molecule has 1 atom stereocenters. The first kappa shape index (κ1) is 13.8. The molecule has 0 unspecified atom stereocenters. The minimum atomic E-state index is -1.31. The highest BCUT2D eigenvalue weighted by Gasteiger charge is 2.05. The topological polar surface area (TPSA) is 17.1 Å². The van der Waals surface area contributed by atoms with Crippen molar-refractivity contribution < 1.29 is 4.21 Å². The molecule has 3 heteroatoms. The SMILES string of the molecule is O=[S@](/C(Cl)=C/C=C\c1ccccc1)c1ccccc1. The molecule has 0 aliphatic heterocycles. The van der Waals surface area contributed by atoms with Gasteiger partial charge in [-0.15, -0.1) is 0 Å². The molecule has 2 aromatic carbocycles. The zero-order valence-electron chi connectivity index (χ0n) is 10.2. The van der Waals surface area contributed by atoms with Gasteiger partial charge in [0, 0.05) is 4.90 Å². The van der Waals surface area contributed by atoms with E-state index in [9.17, 15) is 4.21 Å². The molecule has 2 aromatic rings. The Kier molecular flexibility index (Phi) is 5.13. The molecule has 19 heavy (non-hydrogen) atoms. The van der Waals surface area contributed by atoms with Crippen LogP contribution in [0.25, 0.3) is 6.08 Å². The summed E-state index contributed by atoms with van der Waals surface area (Å²) in [7, 11) is -1.31. The van der Waals surface area contributed by atoms with E-state index in [1.807, 2.05) is 54.6 Å². The van der Waals surface area contributed by atoms with Crippen LogP contribution in [0.15, 0.2) is 82.1 Å². The van der Waals surface area contributed by atoms with E-state index >= 15 is 0 Å². The summed E-state index contributed by atoms with van der Waals surface area (Å²) in [5.41, 5.74) is 1.08. The third kappa shape index (κ3) is 4.19. The van der Waals surface area contributed by atoms with Gasteiger partial charge in [-0.25, -0.2) is 4.21 Å². The third-order valence-corrected chi connectivity index (χ3v) is 4.19. The van der Waals surface area contributed by atoms with Gasteiger partial charge in [0.25, 0.3) is 0 Å². The van der Waals surface area contributed by atoms with Gasteiger partial charge in [0.15, 0.2) is 0 Å². The maximum atomic E-state index is 12.1. The number of rotatable bonds is 4. The van der Waals surface area contributed by atoms with Crippen LogP contribution in [0.1, 0.15) is 5.56 Å². The Morgan fingerprint density at radius 2 is 1.53 bits per heavy atom. The van der Waals surface area contributed by atoms with Crippen molar-refractivity contribution in [3.05, 3.63) is 82.7 Å². The van der Waals surface area contributed by atoms with Crippen LogP contribution >= 0.6 is 11.6 Å². The molecule has 0 aromatic heterocycles. The molecule has 0 spiro atoms. The largest absolute Gasteiger partial charge is 0.248 e. The van der Waals surface area contributed by atoms with Gasteiger partial charge in [-0.1, -0.05) is 72.3 Å². The number of hydrogen-bond donors (Lipinski definition) is 0. The molecule has 0 saturated heterocycles. The predicted molar refractivity (Wildman–Crippen MR) is 82.3 cm³/mol. The van der Waals surface area contributed by atoms with E-state index < -0.39 is 10.8 Å². The summed E-state index contributed by atoms with van der Waals surface area (Å²) in [5, 5.41) is 0. The molecule has 0 N–H and O–H groups in total. The average molecular weight is 289 g/mol. The quantitative estimate of drug-likeness (QED) is 0.752. The molecule has 0 heterocycles. The van der Waals surface area contributed by atoms with Crippen LogP contribution in [0.5, 0.6) is 0 Å². The summed E-state index contributed by atoms with van der Waals surface area (Å²) >= 11 is 6.04. The first-order valence-corrected chi connectivity index (χ1v) is 7.36. The van der Waals surface area contributed by atoms with Crippen LogP contribution in [0, 0.1) is 0 Å². The molecule has 0 aliphatic rings. The summed E-state index contributed by atoms with van der Waals surface area (Å²) in [6.45, 7) is 0. The second-order valence-electron chi connectivity index (χ2n) is 3.82. The molecule has 2 rings (SSSR count). The van der Waals surface area contributed by atoms with Crippen molar-refractivity contribution in [2.75, 3.05) is 0 Å². The van der Waals surface area contributed by atoms with Crippen LogP contribution in [0.3, 0.4) is 0 Å². The minimum Gasteiger partial charge on any atom is -0.248 e. The van der Waals surface area contributed by atoms with Crippen LogP contribution < -0.4 is 0 Å². The maximum absolute atomic E-state index is 12.1. The van der Waals surface area contributed by atoms with Gasteiger partial charge in [0.1, 0.15) is 4.36 Å². The van der Waals surface area contributed by atoms with Crippen LogP contribution in [-0.4, -0.2) is 4.21 Å². The number of hydrogen-bond acceptors (Lipinski definition) is 1. The highest BCUT2D eigenvalue weighted by Crippen LogP contribution is 2.17. The maximum Gasteiger partial charge on any atom is 0.109 e. The fourth-order valence-electron chi connectivity index (χ4n) is 1.52. The minimum absolute atomic E-state index is 0.318. The Labute approximate surface area is 120 Å². The molecule has 96 valence electrons. The Morgan fingerprint density at radius 1 is 0.947 bits per heavy atom. The van der Waals surface area contributed by atoms with Crippen molar-refractivity contribution in [2.24, 2.45) is 0 Å². The van der Waals surface area contributed by atoms with Gasteiger partial charge in [-0.2, -0.15) is 0 Å². The lowest BCUT2D eigenvalue weighted by Gasteiger charge is -1.98. The lowest BCUT2D eigenvalue weighted by atomic mass is 10.2. The Bertz CT molecular complexity index is 603. The van der Waals surface area contributed by atoms with Gasteiger partial charge in [0.2, 0.25) is 0 Å². The number of benzene rings is 2. The van der Waals surface area contributed by atoms with E-state index in [1.54, 1.807) is 24.3 Å². The zero-order valence-corrected chi connectivity index (χ0v) is 11.8. The molecule has 1 nitrogen and oxygen atoms in total. The number of halogens is 1. The second kappa shape index (κ2) is 7.07. The molecular formula is C16H13ClOS. The highest BCUT2D eigenvalue weighted by atomic mass is 35.5. The Morgan fingerprint density at radius 3 is 2.16 bits per heavy atom. The van der Waals surface area contributed by atoms with Crippen molar-refractivity contribution in [1.29, 1.82) is 0 Å². The molecule has 0 amide bonds. The smallest absolute Gasteiger partial charge is 0.109 e. The van der Waals surface area contributed by atoms with E-state index in [-0.39, 0.29) is 0 Å². The Hall–Kier alpha value is -1.64. The van der Waals surface area contributed by atoms with Gasteiger partial charge in [-0.3, -0.25) is 0 Å². The van der Waals surface area contributed by atoms with Crippen molar-refractivity contribution >= 4 is 28.5 Å². The van der Waals surface area contributed by atoms with Gasteiger partial charge in [-0.05, 0) is 23.8 Å². The molecular weight excluding hydrogens is 276 g/mol. The predicted octanol–water partition coefficient (Wildman–Crippen LogP) is 4.59. The van der Waals surface area contributed by atoms with Crippen LogP contribution in [0.4, 0.5) is 0 Å². The average Bonchev–Trinajstić information content (AvgIpc) is 2.48. The number of allylic oxidation sites excluding steroid dienone is 2. The molecule has 0 aliphatic carbocycles. The van der Waals surface area contributed by atoms with Crippen molar-refractivity contribution in [3.63, 3.8) is 0 Å². The summed E-state index contributed by atoms with van der Waals surface area (Å²) in [6, 6.07) is 19.0. The first-order chi connectivity index (χ1) is 9.27. The first-order valence-electron chi connectivity index (χ1n) is 5.83. The Balaban J connectivity index is 2.08. The lowest BCUT2D eigenvalue weighted by Crippen LogP contribution is -1.89. The summed E-state index contributed by atoms with van der Waals surface area (Å²) < 4.78 is 12.4. The fourth-order valence-corrected chi connectivity index (χ4v) is 2.69. The van der Waals surface area contributed by atoms with E-state index in [0.29, 0.717) is 9.26 Å². The van der Waals surface area contributed by atoms with E-state index in [2.05, 4.69) is 0 Å². The summed E-state index contributed by atoms with van der Waals surface area (Å²) in [6.07, 6.45) is 5.39. The monoisotopic (exact) mass is 288 g/mol. The third-order valence-electron chi connectivity index (χ3n) is 2.45. The van der Waals surface area contributed by atoms with Crippen LogP contribution in [-0.2, 0) is 10.8 Å². The lowest BCUT2D eigenvalue weighted by molar-refractivity contribution is 0.688. The normalized spacial score (nSPS) is 13.6. The second-order valence-corrected chi connectivity index (χ2v) is 5.90. The van der Waals surface area contributed by atoms with Gasteiger partial charge in [0.05, 0.1) is 10.8 Å².